The molecule has 0 N–H and O–H groups in total. The standard InChI is InChI=1S/C32H26FN/c1-2-3-4-5-24-6-8-25(9-7-24)10-13-27-17-21-31-30(22-27)20-19-29(32(31)33)18-16-26-11-14-28(23-34)15-12-26/h2-3,6-9,11-12,14-15,17,19-22H,4-5,16,18H2,1H3/b3-2+. The molecule has 0 unspecified atom stereocenters. The summed E-state index contributed by atoms with van der Waals surface area (Å²) in [7, 11) is 0. The number of benzene rings is 4. The first-order chi connectivity index (χ1) is 16.7. The van der Waals surface area contributed by atoms with Gasteiger partial charge in [0.05, 0.1) is 11.6 Å². The first kappa shape index (κ1) is 23.0. The summed E-state index contributed by atoms with van der Waals surface area (Å²) in [5.74, 6) is 6.26. The Hall–Kier alpha value is -4.14. The Kier molecular flexibility index (Phi) is 7.54. The van der Waals surface area contributed by atoms with E-state index in [0.717, 1.165) is 41.3 Å². The number of allylic oxidation sites excluding steroid dienone is 2. The highest BCUT2D eigenvalue weighted by Crippen LogP contribution is 2.23. The molecule has 0 saturated carbocycles. The molecule has 0 aliphatic rings. The smallest absolute Gasteiger partial charge is 0.134 e. The average Bonchev–Trinajstić information content (AvgIpc) is 2.88. The Morgan fingerprint density at radius 3 is 2.09 bits per heavy atom. The van der Waals surface area contributed by atoms with Crippen LogP contribution in [0.3, 0.4) is 0 Å². The SMILES string of the molecule is C/C=C/CCc1ccc(C#Cc2ccc3c(F)c(CCc4ccc(C#N)cc4)ccc3c2)cc1. The molecule has 1 nitrogen and oxygen atoms in total. The van der Waals surface area contributed by atoms with Crippen molar-refractivity contribution in [3.63, 3.8) is 0 Å². The van der Waals surface area contributed by atoms with Gasteiger partial charge in [-0.2, -0.15) is 5.26 Å². The van der Waals surface area contributed by atoms with Gasteiger partial charge in [-0.15, -0.1) is 0 Å². The minimum atomic E-state index is -0.167. The van der Waals surface area contributed by atoms with E-state index < -0.39 is 0 Å². The van der Waals surface area contributed by atoms with Crippen LogP contribution in [0.5, 0.6) is 0 Å². The number of hydrogen-bond donors (Lipinski definition) is 0. The van der Waals surface area contributed by atoms with Crippen LogP contribution in [0, 0.1) is 29.0 Å². The third kappa shape index (κ3) is 5.80. The summed E-state index contributed by atoms with van der Waals surface area (Å²) in [6, 6.07) is 27.4. The van der Waals surface area contributed by atoms with Crippen molar-refractivity contribution >= 4 is 10.8 Å². The average molecular weight is 444 g/mol. The van der Waals surface area contributed by atoms with Crippen molar-refractivity contribution in [1.82, 2.24) is 0 Å². The molecule has 4 rings (SSSR count). The number of rotatable bonds is 6. The van der Waals surface area contributed by atoms with Gasteiger partial charge in [0.1, 0.15) is 5.82 Å². The second kappa shape index (κ2) is 11.1. The monoisotopic (exact) mass is 443 g/mol. The van der Waals surface area contributed by atoms with E-state index in [-0.39, 0.29) is 5.82 Å². The van der Waals surface area contributed by atoms with Gasteiger partial charge < -0.3 is 0 Å². The van der Waals surface area contributed by atoms with E-state index in [4.69, 9.17) is 5.26 Å². The van der Waals surface area contributed by atoms with E-state index in [2.05, 4.69) is 54.3 Å². The molecule has 4 aromatic carbocycles. The van der Waals surface area contributed by atoms with Crippen molar-refractivity contribution in [3.05, 3.63) is 130 Å². The normalized spacial score (nSPS) is 10.7. The van der Waals surface area contributed by atoms with E-state index in [1.165, 1.54) is 5.56 Å². The zero-order chi connectivity index (χ0) is 23.8. The number of hydrogen-bond acceptors (Lipinski definition) is 1. The molecule has 0 fully saturated rings. The maximum Gasteiger partial charge on any atom is 0.134 e. The number of aryl methyl sites for hydroxylation is 3. The lowest BCUT2D eigenvalue weighted by Gasteiger charge is -2.08. The molecular formula is C32H26FN. The predicted octanol–water partition coefficient (Wildman–Crippen LogP) is 7.54. The van der Waals surface area contributed by atoms with Crippen molar-refractivity contribution in [2.45, 2.75) is 32.6 Å². The second-order valence-corrected chi connectivity index (χ2v) is 8.34. The summed E-state index contributed by atoms with van der Waals surface area (Å²) in [6.07, 6.45) is 7.67. The fourth-order valence-corrected chi connectivity index (χ4v) is 3.95. The molecule has 0 radical (unpaired) electrons. The van der Waals surface area contributed by atoms with E-state index in [1.807, 2.05) is 49.4 Å². The fraction of sp³-hybridized carbons (Fsp3) is 0.156. The van der Waals surface area contributed by atoms with E-state index in [0.29, 0.717) is 22.9 Å². The lowest BCUT2D eigenvalue weighted by Crippen LogP contribution is -1.96. The summed E-state index contributed by atoms with van der Waals surface area (Å²) >= 11 is 0. The third-order valence-corrected chi connectivity index (χ3v) is 5.94. The summed E-state index contributed by atoms with van der Waals surface area (Å²) in [5.41, 5.74) is 5.57. The summed E-state index contributed by atoms with van der Waals surface area (Å²) in [6.45, 7) is 2.04. The molecule has 4 aromatic rings. The minimum Gasteiger partial charge on any atom is -0.206 e. The van der Waals surface area contributed by atoms with Gasteiger partial charge >= 0.3 is 0 Å². The Labute approximate surface area is 201 Å². The zero-order valence-electron chi connectivity index (χ0n) is 19.3. The highest BCUT2D eigenvalue weighted by Gasteiger charge is 2.08. The van der Waals surface area contributed by atoms with Crippen LogP contribution < -0.4 is 0 Å². The van der Waals surface area contributed by atoms with Crippen molar-refractivity contribution in [2.75, 3.05) is 0 Å². The Morgan fingerprint density at radius 2 is 1.38 bits per heavy atom. The zero-order valence-corrected chi connectivity index (χ0v) is 19.3. The summed E-state index contributed by atoms with van der Waals surface area (Å²) in [4.78, 5) is 0. The molecule has 0 amide bonds. The predicted molar refractivity (Wildman–Crippen MR) is 138 cm³/mol. The maximum absolute atomic E-state index is 15.1. The summed E-state index contributed by atoms with van der Waals surface area (Å²) in [5, 5.41) is 10.4. The first-order valence-electron chi connectivity index (χ1n) is 11.6. The summed E-state index contributed by atoms with van der Waals surface area (Å²) < 4.78 is 15.1. The lowest BCUT2D eigenvalue weighted by molar-refractivity contribution is 0.620. The number of halogens is 1. The second-order valence-electron chi connectivity index (χ2n) is 8.34. The quantitative estimate of drug-likeness (QED) is 0.223. The molecular weight excluding hydrogens is 417 g/mol. The molecule has 0 aliphatic heterocycles. The number of fused-ring (bicyclic) bond motifs is 1. The Morgan fingerprint density at radius 1 is 0.735 bits per heavy atom. The molecule has 0 atom stereocenters. The van der Waals surface area contributed by atoms with Crippen LogP contribution >= 0.6 is 0 Å². The minimum absolute atomic E-state index is 0.167. The highest BCUT2D eigenvalue weighted by molar-refractivity contribution is 5.85. The third-order valence-electron chi connectivity index (χ3n) is 5.94. The molecule has 0 aliphatic carbocycles. The van der Waals surface area contributed by atoms with Gasteiger partial charge in [-0.05, 0) is 91.1 Å². The number of nitrogens with zero attached hydrogens (tertiary/aromatic N) is 1. The topological polar surface area (TPSA) is 23.8 Å². The maximum atomic E-state index is 15.1. The Bertz CT molecular complexity index is 1410. The van der Waals surface area contributed by atoms with Crippen LogP contribution in [0.4, 0.5) is 4.39 Å². The Balaban J connectivity index is 1.46. The van der Waals surface area contributed by atoms with E-state index >= 15 is 4.39 Å². The van der Waals surface area contributed by atoms with E-state index in [9.17, 15) is 0 Å². The fourth-order valence-electron chi connectivity index (χ4n) is 3.95. The van der Waals surface area contributed by atoms with Crippen LogP contribution in [0.1, 0.15) is 46.7 Å². The van der Waals surface area contributed by atoms with Gasteiger partial charge in [0.25, 0.3) is 0 Å². The molecule has 0 spiro atoms. The van der Waals surface area contributed by atoms with Crippen LogP contribution in [0.2, 0.25) is 0 Å². The number of nitriles is 1. The van der Waals surface area contributed by atoms with Crippen molar-refractivity contribution in [3.8, 4) is 17.9 Å². The van der Waals surface area contributed by atoms with Crippen LogP contribution in [-0.4, -0.2) is 0 Å². The van der Waals surface area contributed by atoms with E-state index in [1.54, 1.807) is 12.1 Å². The van der Waals surface area contributed by atoms with Crippen molar-refractivity contribution < 1.29 is 4.39 Å². The molecule has 2 heteroatoms. The van der Waals surface area contributed by atoms with Gasteiger partial charge in [-0.3, -0.25) is 0 Å². The van der Waals surface area contributed by atoms with Gasteiger partial charge in [-0.25, -0.2) is 4.39 Å². The highest BCUT2D eigenvalue weighted by atomic mass is 19.1. The largest absolute Gasteiger partial charge is 0.206 e. The van der Waals surface area contributed by atoms with Gasteiger partial charge in [-0.1, -0.05) is 66.5 Å². The lowest BCUT2D eigenvalue weighted by atomic mass is 9.98. The van der Waals surface area contributed by atoms with Crippen molar-refractivity contribution in [1.29, 1.82) is 5.26 Å². The van der Waals surface area contributed by atoms with Crippen LogP contribution in [0.25, 0.3) is 10.8 Å². The molecule has 0 saturated heterocycles. The van der Waals surface area contributed by atoms with Gasteiger partial charge in [0.2, 0.25) is 0 Å². The molecule has 34 heavy (non-hydrogen) atoms. The molecule has 0 bridgehead atoms. The van der Waals surface area contributed by atoms with Crippen LogP contribution in [0.15, 0.2) is 91.0 Å². The molecule has 0 aromatic heterocycles. The van der Waals surface area contributed by atoms with Gasteiger partial charge in [0, 0.05) is 16.5 Å². The van der Waals surface area contributed by atoms with Gasteiger partial charge in [0.15, 0.2) is 0 Å². The van der Waals surface area contributed by atoms with Crippen molar-refractivity contribution in [2.24, 2.45) is 0 Å². The van der Waals surface area contributed by atoms with Crippen LogP contribution in [-0.2, 0) is 19.3 Å². The first-order valence-corrected chi connectivity index (χ1v) is 11.6. The molecule has 166 valence electrons. The molecule has 0 heterocycles.